The summed E-state index contributed by atoms with van der Waals surface area (Å²) in [5, 5.41) is 6.97. The Morgan fingerprint density at radius 3 is 2.53 bits per heavy atom. The topological polar surface area (TPSA) is 67.1 Å². The molecule has 0 unspecified atom stereocenters. The normalized spacial score (nSPS) is 16.9. The van der Waals surface area contributed by atoms with Crippen molar-refractivity contribution in [1.82, 2.24) is 14.5 Å². The molecule has 5 rings (SSSR count). The number of hydrogen-bond acceptors (Lipinski definition) is 4. The molecule has 1 aromatic heterocycles. The molecule has 3 heterocycles. The fourth-order valence-electron chi connectivity index (χ4n) is 3.99. The summed E-state index contributed by atoms with van der Waals surface area (Å²) in [5.74, 6) is -0.383. The molecule has 30 heavy (non-hydrogen) atoms. The second kappa shape index (κ2) is 7.76. The Kier molecular flexibility index (Phi) is 4.80. The summed E-state index contributed by atoms with van der Waals surface area (Å²) in [6.45, 7) is 2.49. The van der Waals surface area contributed by atoms with Crippen LogP contribution in [-0.4, -0.2) is 64.8 Å². The highest BCUT2D eigenvalue weighted by Crippen LogP contribution is 2.24. The van der Waals surface area contributed by atoms with Gasteiger partial charge in [0, 0.05) is 24.0 Å². The van der Waals surface area contributed by atoms with Gasteiger partial charge in [-0.25, -0.2) is 5.01 Å². The fraction of sp³-hybridized carbons (Fsp3) is 0.261. The number of nitrogens with zero attached hydrogens (tertiary/aromatic N) is 4. The maximum atomic E-state index is 13.4. The van der Waals surface area contributed by atoms with E-state index in [1.54, 1.807) is 4.90 Å². The van der Waals surface area contributed by atoms with E-state index >= 15 is 0 Å². The Labute approximate surface area is 174 Å². The van der Waals surface area contributed by atoms with E-state index in [0.29, 0.717) is 38.5 Å². The summed E-state index contributed by atoms with van der Waals surface area (Å²) in [6, 6.07) is 19.6. The molecule has 2 aliphatic heterocycles. The SMILES string of the molecule is O=C(CN1N=C(c2ccccc2)Cn2c(cc3ccccc32)C1=O)N1CCOCC1. The van der Waals surface area contributed by atoms with Crippen molar-refractivity contribution in [3.8, 4) is 0 Å². The molecule has 2 aromatic carbocycles. The number of fused-ring (bicyclic) bond motifs is 3. The molecule has 0 atom stereocenters. The Morgan fingerprint density at radius 2 is 1.73 bits per heavy atom. The monoisotopic (exact) mass is 402 g/mol. The summed E-state index contributed by atoms with van der Waals surface area (Å²) in [6.07, 6.45) is 0. The summed E-state index contributed by atoms with van der Waals surface area (Å²) in [5.41, 5.74) is 3.20. The summed E-state index contributed by atoms with van der Waals surface area (Å²) >= 11 is 0. The number of para-hydroxylation sites is 1. The number of rotatable bonds is 3. The van der Waals surface area contributed by atoms with E-state index < -0.39 is 0 Å². The van der Waals surface area contributed by atoms with E-state index in [1.807, 2.05) is 65.2 Å². The van der Waals surface area contributed by atoms with Gasteiger partial charge in [0.05, 0.1) is 25.5 Å². The van der Waals surface area contributed by atoms with Crippen LogP contribution in [0.25, 0.3) is 10.9 Å². The Hall–Kier alpha value is -3.45. The number of morpholine rings is 1. The van der Waals surface area contributed by atoms with Gasteiger partial charge >= 0.3 is 0 Å². The van der Waals surface area contributed by atoms with Gasteiger partial charge in [-0.2, -0.15) is 5.10 Å². The van der Waals surface area contributed by atoms with Crippen LogP contribution in [0.3, 0.4) is 0 Å². The average Bonchev–Trinajstić information content (AvgIpc) is 3.10. The van der Waals surface area contributed by atoms with Crippen molar-refractivity contribution in [2.75, 3.05) is 32.8 Å². The quantitative estimate of drug-likeness (QED) is 0.676. The first-order valence-corrected chi connectivity index (χ1v) is 10.1. The molecule has 0 N–H and O–H groups in total. The zero-order valence-electron chi connectivity index (χ0n) is 16.5. The third-order valence-electron chi connectivity index (χ3n) is 5.57. The zero-order chi connectivity index (χ0) is 20.5. The molecule has 3 aromatic rings. The minimum Gasteiger partial charge on any atom is -0.378 e. The standard InChI is InChI=1S/C23H22N4O3/c28-22(25-10-12-30-13-11-25)16-27-23(29)21-14-18-8-4-5-9-20(18)26(21)15-19(24-27)17-6-2-1-3-7-17/h1-9,14H,10-13,15-16H2. The van der Waals surface area contributed by atoms with Gasteiger partial charge in [0.15, 0.2) is 0 Å². The first-order valence-electron chi connectivity index (χ1n) is 10.1. The number of hydrazone groups is 1. The maximum Gasteiger partial charge on any atom is 0.291 e. The molecule has 152 valence electrons. The molecule has 0 saturated carbocycles. The molecule has 2 aliphatic rings. The van der Waals surface area contributed by atoms with Crippen molar-refractivity contribution in [3.63, 3.8) is 0 Å². The van der Waals surface area contributed by atoms with Gasteiger partial charge in [0.25, 0.3) is 5.91 Å². The summed E-state index contributed by atoms with van der Waals surface area (Å²) in [7, 11) is 0. The van der Waals surface area contributed by atoms with E-state index in [9.17, 15) is 9.59 Å². The number of benzene rings is 2. The highest BCUT2D eigenvalue weighted by atomic mass is 16.5. The fourth-order valence-corrected chi connectivity index (χ4v) is 3.99. The van der Waals surface area contributed by atoms with Gasteiger partial charge < -0.3 is 14.2 Å². The largest absolute Gasteiger partial charge is 0.378 e. The molecule has 0 radical (unpaired) electrons. The van der Waals surface area contributed by atoms with Crippen molar-refractivity contribution >= 4 is 28.4 Å². The average molecular weight is 402 g/mol. The Balaban J connectivity index is 1.56. The highest BCUT2D eigenvalue weighted by molar-refractivity contribution is 6.07. The van der Waals surface area contributed by atoms with Gasteiger partial charge in [0.1, 0.15) is 12.2 Å². The number of amides is 2. The minimum atomic E-state index is -0.265. The molecule has 0 bridgehead atoms. The van der Waals surface area contributed by atoms with Crippen LogP contribution in [0.15, 0.2) is 65.8 Å². The van der Waals surface area contributed by atoms with E-state index in [2.05, 4.69) is 5.10 Å². The first kappa shape index (κ1) is 18.6. The van der Waals surface area contributed by atoms with Crippen LogP contribution in [0.1, 0.15) is 16.1 Å². The molecule has 7 nitrogen and oxygen atoms in total. The molecular weight excluding hydrogens is 380 g/mol. The number of ether oxygens (including phenoxy) is 1. The van der Waals surface area contributed by atoms with E-state index in [4.69, 9.17) is 4.74 Å². The van der Waals surface area contributed by atoms with Gasteiger partial charge in [-0.1, -0.05) is 48.5 Å². The van der Waals surface area contributed by atoms with Crippen molar-refractivity contribution in [2.45, 2.75) is 6.54 Å². The third-order valence-corrected chi connectivity index (χ3v) is 5.57. The Morgan fingerprint density at radius 1 is 1.00 bits per heavy atom. The number of carbonyl (C=O) groups excluding carboxylic acids is 2. The van der Waals surface area contributed by atoms with Crippen molar-refractivity contribution in [1.29, 1.82) is 0 Å². The molecule has 2 amide bonds. The zero-order valence-corrected chi connectivity index (χ0v) is 16.5. The molecule has 1 fully saturated rings. The van der Waals surface area contributed by atoms with Gasteiger partial charge in [0.2, 0.25) is 5.91 Å². The lowest BCUT2D eigenvalue weighted by Crippen LogP contribution is -2.46. The van der Waals surface area contributed by atoms with Crippen LogP contribution in [-0.2, 0) is 16.1 Å². The lowest BCUT2D eigenvalue weighted by Gasteiger charge is -2.28. The molecular formula is C23H22N4O3. The summed E-state index contributed by atoms with van der Waals surface area (Å²) in [4.78, 5) is 28.0. The minimum absolute atomic E-state index is 0.0866. The van der Waals surface area contributed by atoms with Crippen LogP contribution in [0.2, 0.25) is 0 Å². The smallest absolute Gasteiger partial charge is 0.291 e. The van der Waals surface area contributed by atoms with Gasteiger partial charge in [-0.05, 0) is 17.7 Å². The molecule has 0 aliphatic carbocycles. The van der Waals surface area contributed by atoms with Crippen LogP contribution in [0.4, 0.5) is 0 Å². The van der Waals surface area contributed by atoms with Gasteiger partial charge in [-0.15, -0.1) is 0 Å². The van der Waals surface area contributed by atoms with Crippen LogP contribution >= 0.6 is 0 Å². The van der Waals surface area contributed by atoms with Gasteiger partial charge in [-0.3, -0.25) is 9.59 Å². The lowest BCUT2D eigenvalue weighted by atomic mass is 10.1. The van der Waals surface area contributed by atoms with Crippen LogP contribution in [0, 0.1) is 0 Å². The van der Waals surface area contributed by atoms with Crippen molar-refractivity contribution in [3.05, 3.63) is 71.9 Å². The Bertz CT molecular complexity index is 1130. The number of aromatic nitrogens is 1. The first-order chi connectivity index (χ1) is 14.7. The van der Waals surface area contributed by atoms with Crippen molar-refractivity contribution in [2.24, 2.45) is 5.10 Å². The van der Waals surface area contributed by atoms with E-state index in [-0.39, 0.29) is 18.4 Å². The van der Waals surface area contributed by atoms with E-state index in [0.717, 1.165) is 22.2 Å². The predicted octanol–water partition coefficient (Wildman–Crippen LogP) is 2.36. The molecule has 7 heteroatoms. The van der Waals surface area contributed by atoms with E-state index in [1.165, 1.54) is 5.01 Å². The predicted molar refractivity (Wildman–Crippen MR) is 113 cm³/mol. The van der Waals surface area contributed by atoms with Crippen LogP contribution in [0.5, 0.6) is 0 Å². The molecule has 0 spiro atoms. The highest BCUT2D eigenvalue weighted by Gasteiger charge is 2.29. The maximum absolute atomic E-state index is 13.4. The van der Waals surface area contributed by atoms with Crippen LogP contribution < -0.4 is 0 Å². The number of carbonyl (C=O) groups is 2. The summed E-state index contributed by atoms with van der Waals surface area (Å²) < 4.78 is 7.32. The number of hydrogen-bond donors (Lipinski definition) is 0. The second-order valence-electron chi connectivity index (χ2n) is 7.44. The second-order valence-corrected chi connectivity index (χ2v) is 7.44. The molecule has 1 saturated heterocycles. The van der Waals surface area contributed by atoms with Crippen molar-refractivity contribution < 1.29 is 14.3 Å². The third kappa shape index (κ3) is 3.37. The lowest BCUT2D eigenvalue weighted by molar-refractivity contribution is -0.135.